The van der Waals surface area contributed by atoms with Crippen LogP contribution in [0.15, 0.2) is 84.9 Å². The van der Waals surface area contributed by atoms with E-state index in [1.54, 1.807) is 36.4 Å². The first-order chi connectivity index (χ1) is 19.2. The van der Waals surface area contributed by atoms with E-state index in [1.807, 2.05) is 0 Å². The minimum Gasteiger partial charge on any atom is -0.308 e. The number of nitro benzene ring substituents is 2. The van der Waals surface area contributed by atoms with Gasteiger partial charge < -0.3 is 21.3 Å². The van der Waals surface area contributed by atoms with E-state index in [9.17, 15) is 34.6 Å². The molecule has 0 heterocycles. The van der Waals surface area contributed by atoms with Crippen LogP contribution in [0, 0.1) is 20.2 Å². The molecule has 4 amide bonds. The summed E-state index contributed by atoms with van der Waals surface area (Å²) in [5, 5.41) is 32.0. The van der Waals surface area contributed by atoms with Crippen LogP contribution in [0.5, 0.6) is 0 Å². The van der Waals surface area contributed by atoms with Crippen molar-refractivity contribution >= 4 is 52.0 Å². The van der Waals surface area contributed by atoms with Crippen LogP contribution in [0.2, 0.25) is 0 Å². The maximum absolute atomic E-state index is 13.2. The Hall–Kier alpha value is -6.11. The fraction of sp³-hybridized carbons (Fsp3) is 0. The van der Waals surface area contributed by atoms with Crippen LogP contribution < -0.4 is 21.3 Å². The summed E-state index contributed by atoms with van der Waals surface area (Å²) >= 11 is 0. The minimum atomic E-state index is -0.595. The quantitative estimate of drug-likeness (QED) is 0.151. The summed E-state index contributed by atoms with van der Waals surface area (Å²) in [6.07, 6.45) is 0. The first-order valence-corrected chi connectivity index (χ1v) is 11.7. The van der Waals surface area contributed by atoms with E-state index in [1.165, 1.54) is 48.5 Å². The third kappa shape index (κ3) is 5.28. The molecule has 0 aliphatic heterocycles. The average Bonchev–Trinajstić information content (AvgIpc) is 3.19. The summed E-state index contributed by atoms with van der Waals surface area (Å²) in [5.41, 5.74) is 3.30. The van der Waals surface area contributed by atoms with Gasteiger partial charge in [0.05, 0.1) is 9.85 Å². The molecule has 5 rings (SSSR count). The van der Waals surface area contributed by atoms with Gasteiger partial charge in [0.25, 0.3) is 11.4 Å². The van der Waals surface area contributed by atoms with Crippen molar-refractivity contribution in [3.05, 3.63) is 116 Å². The monoisotopic (exact) mass is 538 g/mol. The van der Waals surface area contributed by atoms with Gasteiger partial charge in [0, 0.05) is 58.1 Å². The third-order valence-electron chi connectivity index (χ3n) is 6.01. The van der Waals surface area contributed by atoms with Gasteiger partial charge in [-0.05, 0) is 59.7 Å². The predicted octanol–water partition coefficient (Wildman–Crippen LogP) is 6.00. The van der Waals surface area contributed by atoms with Crippen molar-refractivity contribution in [2.24, 2.45) is 0 Å². The fourth-order valence-corrected chi connectivity index (χ4v) is 4.15. The lowest BCUT2D eigenvalue weighted by Crippen LogP contribution is -2.19. The molecule has 0 fully saturated rings. The van der Waals surface area contributed by atoms with Crippen LogP contribution in [-0.4, -0.2) is 27.7 Å². The number of nitrogens with one attached hydrogen (secondary N) is 4. The first kappa shape index (κ1) is 25.5. The Bertz CT molecular complexity index is 1580. The Morgan fingerprint density at radius 2 is 0.825 bits per heavy atom. The molecule has 4 aromatic rings. The molecule has 1 aliphatic carbocycles. The molecule has 0 radical (unpaired) electrons. The molecule has 0 bridgehead atoms. The van der Waals surface area contributed by atoms with E-state index < -0.39 is 21.9 Å². The van der Waals surface area contributed by atoms with Gasteiger partial charge in [-0.3, -0.25) is 25.0 Å². The Balaban J connectivity index is 1.24. The van der Waals surface area contributed by atoms with E-state index in [4.69, 9.17) is 0 Å². The van der Waals surface area contributed by atoms with Gasteiger partial charge in [0.15, 0.2) is 5.78 Å². The predicted molar refractivity (Wildman–Crippen MR) is 147 cm³/mol. The first-order valence-electron chi connectivity index (χ1n) is 11.7. The van der Waals surface area contributed by atoms with Crippen molar-refractivity contribution in [3.63, 3.8) is 0 Å². The van der Waals surface area contributed by atoms with Crippen LogP contribution in [0.1, 0.15) is 15.9 Å². The zero-order valence-electron chi connectivity index (χ0n) is 20.3. The Kier molecular flexibility index (Phi) is 6.60. The van der Waals surface area contributed by atoms with Crippen LogP contribution in [0.25, 0.3) is 11.1 Å². The second-order valence-corrected chi connectivity index (χ2v) is 8.62. The number of nitro groups is 2. The molecule has 0 unspecified atom stereocenters. The van der Waals surface area contributed by atoms with Crippen molar-refractivity contribution in [1.29, 1.82) is 0 Å². The minimum absolute atomic E-state index is 0.105. The van der Waals surface area contributed by atoms with Crippen molar-refractivity contribution in [3.8, 4) is 11.1 Å². The fourth-order valence-electron chi connectivity index (χ4n) is 4.15. The lowest BCUT2D eigenvalue weighted by Gasteiger charge is -2.09. The lowest BCUT2D eigenvalue weighted by atomic mass is 10.1. The highest BCUT2D eigenvalue weighted by Crippen LogP contribution is 2.39. The molecule has 198 valence electrons. The largest absolute Gasteiger partial charge is 0.323 e. The molecule has 0 spiro atoms. The van der Waals surface area contributed by atoms with Gasteiger partial charge in [-0.1, -0.05) is 12.1 Å². The van der Waals surface area contributed by atoms with Crippen LogP contribution in [0.4, 0.5) is 43.7 Å². The molecule has 4 aromatic carbocycles. The standard InChI is InChI=1S/C27H18N6O7/c34-25-23-13-17(30-26(35)28-15-1-7-19(8-2-15)32(37)38)5-11-21(23)22-12-6-18(14-24(22)25)31-27(36)29-16-3-9-20(10-4-16)33(39)40/h1-14H,(H2,28,30,35)(H2,29,31,36). The second-order valence-electron chi connectivity index (χ2n) is 8.62. The number of rotatable bonds is 6. The number of fused-ring (bicyclic) bond motifs is 3. The molecule has 1 aliphatic rings. The Labute approximate surface area is 225 Å². The number of hydrogen-bond donors (Lipinski definition) is 4. The van der Waals surface area contributed by atoms with Crippen molar-refractivity contribution in [2.75, 3.05) is 21.3 Å². The van der Waals surface area contributed by atoms with Gasteiger partial charge in [0.2, 0.25) is 0 Å². The highest BCUT2D eigenvalue weighted by Gasteiger charge is 2.27. The number of urea groups is 2. The van der Waals surface area contributed by atoms with Gasteiger partial charge in [-0.25, -0.2) is 9.59 Å². The summed E-state index contributed by atoms with van der Waals surface area (Å²) in [4.78, 5) is 58.4. The molecule has 0 aromatic heterocycles. The lowest BCUT2D eigenvalue weighted by molar-refractivity contribution is -0.385. The van der Waals surface area contributed by atoms with E-state index in [-0.39, 0.29) is 17.2 Å². The Morgan fingerprint density at radius 1 is 0.500 bits per heavy atom. The number of carbonyl (C=O) groups excluding carboxylic acids is 3. The molecule has 13 heteroatoms. The summed E-state index contributed by atoms with van der Waals surface area (Å²) in [5.74, 6) is -0.288. The number of benzene rings is 4. The third-order valence-corrected chi connectivity index (χ3v) is 6.01. The van der Waals surface area contributed by atoms with Gasteiger partial charge in [0.1, 0.15) is 0 Å². The summed E-state index contributed by atoms with van der Waals surface area (Å²) in [7, 11) is 0. The van der Waals surface area contributed by atoms with Crippen molar-refractivity contribution < 1.29 is 24.2 Å². The van der Waals surface area contributed by atoms with E-state index in [0.717, 1.165) is 0 Å². The van der Waals surface area contributed by atoms with Gasteiger partial charge in [-0.15, -0.1) is 0 Å². The number of nitrogens with zero attached hydrogens (tertiary/aromatic N) is 2. The average molecular weight is 538 g/mol. The van der Waals surface area contributed by atoms with Gasteiger partial charge in [-0.2, -0.15) is 0 Å². The van der Waals surface area contributed by atoms with Crippen LogP contribution in [-0.2, 0) is 0 Å². The normalized spacial score (nSPS) is 11.2. The second kappa shape index (κ2) is 10.3. The summed E-state index contributed by atoms with van der Waals surface area (Å²) in [6, 6.07) is 19.3. The van der Waals surface area contributed by atoms with E-state index in [2.05, 4.69) is 21.3 Å². The maximum Gasteiger partial charge on any atom is 0.323 e. The molecule has 0 saturated heterocycles. The molecule has 0 atom stereocenters. The number of non-ortho nitro benzene ring substituents is 2. The van der Waals surface area contributed by atoms with Gasteiger partial charge >= 0.3 is 12.1 Å². The van der Waals surface area contributed by atoms with E-state index >= 15 is 0 Å². The molecule has 40 heavy (non-hydrogen) atoms. The van der Waals surface area contributed by atoms with Crippen LogP contribution >= 0.6 is 0 Å². The zero-order valence-corrected chi connectivity index (χ0v) is 20.3. The maximum atomic E-state index is 13.2. The summed E-state index contributed by atoms with van der Waals surface area (Å²) in [6.45, 7) is 0. The molecular weight excluding hydrogens is 520 g/mol. The smallest absolute Gasteiger partial charge is 0.308 e. The number of hydrogen-bond acceptors (Lipinski definition) is 7. The summed E-state index contributed by atoms with van der Waals surface area (Å²) < 4.78 is 0. The molecular formula is C27H18N6O7. The highest BCUT2D eigenvalue weighted by molar-refractivity contribution is 6.23. The molecule has 13 nitrogen and oxygen atoms in total. The van der Waals surface area contributed by atoms with Crippen molar-refractivity contribution in [2.45, 2.75) is 0 Å². The topological polar surface area (TPSA) is 186 Å². The SMILES string of the molecule is O=C(Nc1ccc([N+](=O)[O-])cc1)Nc1ccc2c(c1)C(=O)c1cc(NC(=O)Nc3ccc([N+](=O)[O-])cc3)ccc1-2. The number of ketones is 1. The number of carbonyl (C=O) groups is 3. The number of amides is 4. The van der Waals surface area contributed by atoms with Crippen LogP contribution in [0.3, 0.4) is 0 Å². The Morgan fingerprint density at radius 3 is 1.18 bits per heavy atom. The molecule has 0 saturated carbocycles. The number of anilines is 4. The highest BCUT2D eigenvalue weighted by atomic mass is 16.6. The van der Waals surface area contributed by atoms with Crippen molar-refractivity contribution in [1.82, 2.24) is 0 Å². The molecule has 4 N–H and O–H groups in total. The van der Waals surface area contributed by atoms with E-state index in [0.29, 0.717) is 45.0 Å². The zero-order chi connectivity index (χ0) is 28.4.